The minimum Gasteiger partial charge on any atom is -0.384 e. The Kier molecular flexibility index (Phi) is 8.17. The zero-order valence-corrected chi connectivity index (χ0v) is 16.1. The Balaban J connectivity index is 2.01. The summed E-state index contributed by atoms with van der Waals surface area (Å²) in [6.45, 7) is 5.93. The molecule has 25 heavy (non-hydrogen) atoms. The second kappa shape index (κ2) is 10.4. The molecular weight excluding hydrogens is 308 g/mol. The molecule has 0 bridgehead atoms. The molecule has 0 saturated heterocycles. The average Bonchev–Trinajstić information content (AvgIpc) is 2.62. The van der Waals surface area contributed by atoms with Crippen LogP contribution >= 0.6 is 0 Å². The van der Waals surface area contributed by atoms with Crippen molar-refractivity contribution in [1.82, 2.24) is 0 Å². The molecule has 0 heterocycles. The van der Waals surface area contributed by atoms with Crippen molar-refractivity contribution in [1.29, 1.82) is 0 Å². The van der Waals surface area contributed by atoms with E-state index >= 15 is 0 Å². The quantitative estimate of drug-likeness (QED) is 0.551. The maximum Gasteiger partial charge on any atom is 0.0553 e. The van der Waals surface area contributed by atoms with Gasteiger partial charge in [-0.05, 0) is 41.0 Å². The summed E-state index contributed by atoms with van der Waals surface area (Å²) < 4.78 is 10.6. The number of methoxy groups -OCH3 is 2. The van der Waals surface area contributed by atoms with E-state index in [2.05, 4.69) is 62.4 Å². The van der Waals surface area contributed by atoms with Crippen molar-refractivity contribution in [2.24, 2.45) is 5.92 Å². The van der Waals surface area contributed by atoms with Crippen LogP contribution in [0.3, 0.4) is 0 Å². The Morgan fingerprint density at radius 3 is 1.76 bits per heavy atom. The van der Waals surface area contributed by atoms with Gasteiger partial charge in [-0.1, -0.05) is 68.8 Å². The van der Waals surface area contributed by atoms with Crippen molar-refractivity contribution in [3.63, 3.8) is 0 Å². The zero-order valence-electron chi connectivity index (χ0n) is 16.1. The second-order valence-corrected chi connectivity index (χ2v) is 7.21. The number of aryl methyl sites for hydroxylation is 1. The first-order chi connectivity index (χ1) is 12.1. The summed E-state index contributed by atoms with van der Waals surface area (Å²) >= 11 is 0. The van der Waals surface area contributed by atoms with Gasteiger partial charge >= 0.3 is 0 Å². The molecule has 2 nitrogen and oxygen atoms in total. The van der Waals surface area contributed by atoms with Crippen molar-refractivity contribution in [2.75, 3.05) is 27.4 Å². The summed E-state index contributed by atoms with van der Waals surface area (Å²) in [4.78, 5) is 0. The molecule has 136 valence electrons. The van der Waals surface area contributed by atoms with Gasteiger partial charge in [-0.2, -0.15) is 0 Å². The Hall–Kier alpha value is -1.64. The molecule has 0 unspecified atom stereocenters. The lowest BCUT2D eigenvalue weighted by atomic mass is 9.96. The van der Waals surface area contributed by atoms with Crippen molar-refractivity contribution in [3.8, 4) is 11.1 Å². The molecule has 0 spiro atoms. The second-order valence-electron chi connectivity index (χ2n) is 7.21. The minimum atomic E-state index is 0.285. The van der Waals surface area contributed by atoms with Gasteiger partial charge in [0.2, 0.25) is 0 Å². The van der Waals surface area contributed by atoms with Crippen LogP contribution in [0, 0.1) is 5.92 Å². The van der Waals surface area contributed by atoms with Gasteiger partial charge in [0.15, 0.2) is 0 Å². The van der Waals surface area contributed by atoms with Crippen molar-refractivity contribution in [2.45, 2.75) is 39.0 Å². The molecule has 0 N–H and O–H groups in total. The van der Waals surface area contributed by atoms with Crippen LogP contribution in [-0.2, 0) is 15.9 Å². The van der Waals surface area contributed by atoms with E-state index < -0.39 is 0 Å². The van der Waals surface area contributed by atoms with E-state index in [9.17, 15) is 0 Å². The molecule has 0 fully saturated rings. The summed E-state index contributed by atoms with van der Waals surface area (Å²) in [6.07, 6.45) is 3.74. The van der Waals surface area contributed by atoms with E-state index in [1.807, 2.05) is 0 Å². The van der Waals surface area contributed by atoms with Gasteiger partial charge in [0, 0.05) is 20.1 Å². The molecule has 0 aliphatic carbocycles. The van der Waals surface area contributed by atoms with E-state index in [1.165, 1.54) is 41.5 Å². The maximum atomic E-state index is 5.31. The SMILES string of the molecule is COCC(COC)c1ccc(-c2ccc(CCCC(C)C)cc2)cc1. The van der Waals surface area contributed by atoms with Gasteiger partial charge in [0.25, 0.3) is 0 Å². The van der Waals surface area contributed by atoms with Crippen LogP contribution in [0.5, 0.6) is 0 Å². The van der Waals surface area contributed by atoms with Crippen molar-refractivity contribution in [3.05, 3.63) is 59.7 Å². The highest BCUT2D eigenvalue weighted by atomic mass is 16.5. The molecule has 0 aliphatic heterocycles. The molecule has 2 rings (SSSR count). The topological polar surface area (TPSA) is 18.5 Å². The van der Waals surface area contributed by atoms with E-state index in [0.717, 1.165) is 5.92 Å². The fourth-order valence-corrected chi connectivity index (χ4v) is 3.17. The maximum absolute atomic E-state index is 5.31. The first-order valence-corrected chi connectivity index (χ1v) is 9.31. The molecule has 2 aromatic carbocycles. The summed E-state index contributed by atoms with van der Waals surface area (Å²) in [5, 5.41) is 0. The Bertz CT molecular complexity index is 593. The Labute approximate surface area is 153 Å². The van der Waals surface area contributed by atoms with Crippen LogP contribution in [0.2, 0.25) is 0 Å². The number of hydrogen-bond acceptors (Lipinski definition) is 2. The van der Waals surface area contributed by atoms with Crippen LogP contribution in [0.25, 0.3) is 11.1 Å². The van der Waals surface area contributed by atoms with Crippen LogP contribution in [0.1, 0.15) is 43.7 Å². The van der Waals surface area contributed by atoms with Crippen LogP contribution < -0.4 is 0 Å². The van der Waals surface area contributed by atoms with Gasteiger partial charge < -0.3 is 9.47 Å². The zero-order chi connectivity index (χ0) is 18.1. The third-order valence-electron chi connectivity index (χ3n) is 4.65. The summed E-state index contributed by atoms with van der Waals surface area (Å²) in [7, 11) is 3.47. The molecule has 0 radical (unpaired) electrons. The van der Waals surface area contributed by atoms with E-state index in [0.29, 0.717) is 13.2 Å². The first kappa shape index (κ1) is 19.7. The highest BCUT2D eigenvalue weighted by Crippen LogP contribution is 2.24. The van der Waals surface area contributed by atoms with Crippen LogP contribution in [0.4, 0.5) is 0 Å². The third-order valence-corrected chi connectivity index (χ3v) is 4.65. The van der Waals surface area contributed by atoms with Gasteiger partial charge in [0.05, 0.1) is 13.2 Å². The van der Waals surface area contributed by atoms with E-state index in [-0.39, 0.29) is 5.92 Å². The molecule has 2 heteroatoms. The highest BCUT2D eigenvalue weighted by molar-refractivity contribution is 5.64. The largest absolute Gasteiger partial charge is 0.384 e. The van der Waals surface area contributed by atoms with E-state index in [4.69, 9.17) is 9.47 Å². The molecule has 0 amide bonds. The fourth-order valence-electron chi connectivity index (χ4n) is 3.17. The van der Waals surface area contributed by atoms with Crippen LogP contribution in [0.15, 0.2) is 48.5 Å². The number of hydrogen-bond donors (Lipinski definition) is 0. The van der Waals surface area contributed by atoms with Gasteiger partial charge in [-0.15, -0.1) is 0 Å². The number of rotatable bonds is 10. The lowest BCUT2D eigenvalue weighted by Gasteiger charge is -2.16. The van der Waals surface area contributed by atoms with Gasteiger partial charge in [0.1, 0.15) is 0 Å². The number of ether oxygens (including phenoxy) is 2. The molecule has 0 atom stereocenters. The van der Waals surface area contributed by atoms with E-state index in [1.54, 1.807) is 14.2 Å². The minimum absolute atomic E-state index is 0.285. The predicted octanol–water partition coefficient (Wildman–Crippen LogP) is 5.71. The van der Waals surface area contributed by atoms with Crippen molar-refractivity contribution >= 4 is 0 Å². The normalized spacial score (nSPS) is 11.4. The standard InChI is InChI=1S/C23H32O2/c1-18(2)6-5-7-19-8-10-20(11-9-19)21-12-14-22(15-13-21)23(16-24-3)17-25-4/h8-15,18,23H,5-7,16-17H2,1-4H3. The number of benzene rings is 2. The highest BCUT2D eigenvalue weighted by Gasteiger charge is 2.11. The molecular formula is C23H32O2. The Morgan fingerprint density at radius 2 is 1.28 bits per heavy atom. The lowest BCUT2D eigenvalue weighted by Crippen LogP contribution is -2.12. The molecule has 0 saturated carbocycles. The molecule has 0 aliphatic rings. The molecule has 2 aromatic rings. The monoisotopic (exact) mass is 340 g/mol. The smallest absolute Gasteiger partial charge is 0.0553 e. The first-order valence-electron chi connectivity index (χ1n) is 9.31. The lowest BCUT2D eigenvalue weighted by molar-refractivity contribution is 0.117. The van der Waals surface area contributed by atoms with Gasteiger partial charge in [-0.25, -0.2) is 0 Å². The van der Waals surface area contributed by atoms with Gasteiger partial charge in [-0.3, -0.25) is 0 Å². The summed E-state index contributed by atoms with van der Waals surface area (Å²) in [5.74, 6) is 1.07. The summed E-state index contributed by atoms with van der Waals surface area (Å²) in [6, 6.07) is 17.8. The average molecular weight is 341 g/mol. The van der Waals surface area contributed by atoms with Crippen molar-refractivity contribution < 1.29 is 9.47 Å². The summed E-state index contributed by atoms with van der Waals surface area (Å²) in [5.41, 5.74) is 5.22. The molecule has 0 aromatic heterocycles. The predicted molar refractivity (Wildman–Crippen MR) is 106 cm³/mol. The Morgan fingerprint density at radius 1 is 0.760 bits per heavy atom. The fraction of sp³-hybridized carbons (Fsp3) is 0.478. The van der Waals surface area contributed by atoms with Crippen LogP contribution in [-0.4, -0.2) is 27.4 Å². The third kappa shape index (κ3) is 6.30.